The molecular formula is C15H20N4O2S. The van der Waals surface area contributed by atoms with Crippen molar-refractivity contribution in [2.45, 2.75) is 26.8 Å². The smallest absolute Gasteiger partial charge is 0.276 e. The second-order valence-corrected chi connectivity index (χ2v) is 6.60. The first-order valence-corrected chi connectivity index (χ1v) is 8.32. The minimum atomic E-state index is -0.0639. The number of nitrogens with one attached hydrogen (secondary N) is 1. The third kappa shape index (κ3) is 3.20. The fourth-order valence-corrected chi connectivity index (χ4v) is 3.50. The zero-order chi connectivity index (χ0) is 15.5. The van der Waals surface area contributed by atoms with E-state index in [1.165, 1.54) is 6.39 Å². The number of oxazole rings is 1. The molecule has 0 radical (unpaired) electrons. The van der Waals surface area contributed by atoms with E-state index in [0.29, 0.717) is 23.9 Å². The van der Waals surface area contributed by atoms with Crippen LogP contribution < -0.4 is 5.32 Å². The summed E-state index contributed by atoms with van der Waals surface area (Å²) >= 11 is 1.59. The van der Waals surface area contributed by atoms with Gasteiger partial charge in [-0.3, -0.25) is 4.79 Å². The number of carbonyl (C=O) groups is 1. The number of carbonyl (C=O) groups excluding carboxylic acids is 1. The van der Waals surface area contributed by atoms with Crippen molar-refractivity contribution in [3.05, 3.63) is 33.9 Å². The Morgan fingerprint density at radius 3 is 2.95 bits per heavy atom. The van der Waals surface area contributed by atoms with Gasteiger partial charge in [0.25, 0.3) is 5.91 Å². The second-order valence-electron chi connectivity index (χ2n) is 5.66. The van der Waals surface area contributed by atoms with Gasteiger partial charge in [0.2, 0.25) is 0 Å². The summed E-state index contributed by atoms with van der Waals surface area (Å²) in [5.41, 5.74) is 3.23. The van der Waals surface area contributed by atoms with Crippen molar-refractivity contribution >= 4 is 17.2 Å². The van der Waals surface area contributed by atoms with Crippen LogP contribution in [0, 0.1) is 19.8 Å². The van der Waals surface area contributed by atoms with Crippen LogP contribution >= 0.6 is 11.3 Å². The van der Waals surface area contributed by atoms with Gasteiger partial charge in [0.05, 0.1) is 17.7 Å². The van der Waals surface area contributed by atoms with Crippen LogP contribution in [-0.2, 0) is 6.54 Å². The van der Waals surface area contributed by atoms with Crippen molar-refractivity contribution in [1.29, 1.82) is 0 Å². The van der Waals surface area contributed by atoms with Gasteiger partial charge in [-0.1, -0.05) is 0 Å². The summed E-state index contributed by atoms with van der Waals surface area (Å²) in [5.74, 6) is 0.996. The Bertz CT molecular complexity index is 646. The molecule has 1 atom stereocenters. The topological polar surface area (TPSA) is 71.3 Å². The lowest BCUT2D eigenvalue weighted by Crippen LogP contribution is -2.36. The predicted octanol–water partition coefficient (Wildman–Crippen LogP) is 2.00. The van der Waals surface area contributed by atoms with Gasteiger partial charge in [-0.05, 0) is 39.3 Å². The third-order valence-electron chi connectivity index (χ3n) is 4.05. The highest BCUT2D eigenvalue weighted by Gasteiger charge is 2.26. The maximum atomic E-state index is 12.8. The summed E-state index contributed by atoms with van der Waals surface area (Å²) in [6.07, 6.45) is 2.43. The number of nitrogens with zero attached hydrogens (tertiary/aromatic N) is 3. The van der Waals surface area contributed by atoms with Crippen LogP contribution in [0.1, 0.15) is 33.2 Å². The van der Waals surface area contributed by atoms with Gasteiger partial charge in [0.15, 0.2) is 12.1 Å². The Hall–Kier alpha value is -1.73. The number of rotatable bonds is 5. The lowest BCUT2D eigenvalue weighted by atomic mass is 10.1. The molecule has 2 aromatic heterocycles. The molecule has 1 aliphatic rings. The van der Waals surface area contributed by atoms with E-state index >= 15 is 0 Å². The standard InChI is InChI=1S/C15H20N4O2S/c1-10-13(22-9-18-10)7-19(6-12-3-4-16-5-12)15(20)14-11(2)21-8-17-14/h8-9,12,16H,3-7H2,1-2H3/t12-/m0/s1. The van der Waals surface area contributed by atoms with Crippen LogP contribution in [0.2, 0.25) is 0 Å². The van der Waals surface area contributed by atoms with Gasteiger partial charge in [-0.25, -0.2) is 9.97 Å². The second kappa shape index (κ2) is 6.58. The van der Waals surface area contributed by atoms with Crippen molar-refractivity contribution in [3.8, 4) is 0 Å². The van der Waals surface area contributed by atoms with Crippen molar-refractivity contribution in [2.24, 2.45) is 5.92 Å². The van der Waals surface area contributed by atoms with Crippen molar-refractivity contribution in [2.75, 3.05) is 19.6 Å². The molecule has 0 saturated carbocycles. The number of amides is 1. The van der Waals surface area contributed by atoms with Crippen LogP contribution in [0.25, 0.3) is 0 Å². The summed E-state index contributed by atoms with van der Waals surface area (Å²) < 4.78 is 5.18. The first-order chi connectivity index (χ1) is 10.6. The van der Waals surface area contributed by atoms with Crippen molar-refractivity contribution in [1.82, 2.24) is 20.2 Å². The van der Waals surface area contributed by atoms with Crippen molar-refractivity contribution in [3.63, 3.8) is 0 Å². The van der Waals surface area contributed by atoms with Gasteiger partial charge in [0, 0.05) is 11.4 Å². The van der Waals surface area contributed by atoms with Crippen LogP contribution in [0.3, 0.4) is 0 Å². The SMILES string of the molecule is Cc1ncsc1CN(C[C@H]1CCNC1)C(=O)c1ncoc1C. The Morgan fingerprint density at radius 2 is 2.36 bits per heavy atom. The number of thiazole rings is 1. The lowest BCUT2D eigenvalue weighted by Gasteiger charge is -2.24. The highest BCUT2D eigenvalue weighted by atomic mass is 32.1. The van der Waals surface area contributed by atoms with Crippen LogP contribution in [-0.4, -0.2) is 40.4 Å². The highest BCUT2D eigenvalue weighted by molar-refractivity contribution is 7.09. The van der Waals surface area contributed by atoms with Crippen molar-refractivity contribution < 1.29 is 9.21 Å². The lowest BCUT2D eigenvalue weighted by molar-refractivity contribution is 0.0713. The monoisotopic (exact) mass is 320 g/mol. The average molecular weight is 320 g/mol. The molecule has 3 heterocycles. The molecule has 0 aliphatic carbocycles. The van der Waals surface area contributed by atoms with E-state index < -0.39 is 0 Å². The molecule has 0 aromatic carbocycles. The molecule has 0 unspecified atom stereocenters. The van der Waals surface area contributed by atoms with Gasteiger partial charge < -0.3 is 14.6 Å². The molecule has 1 fully saturated rings. The first-order valence-electron chi connectivity index (χ1n) is 7.44. The molecule has 2 aromatic rings. The maximum absolute atomic E-state index is 12.8. The fraction of sp³-hybridized carbons (Fsp3) is 0.533. The van der Waals surface area contributed by atoms with E-state index in [2.05, 4.69) is 15.3 Å². The Kier molecular flexibility index (Phi) is 4.54. The van der Waals surface area contributed by atoms with Crippen LogP contribution in [0.5, 0.6) is 0 Å². The highest BCUT2D eigenvalue weighted by Crippen LogP contribution is 2.20. The van der Waals surface area contributed by atoms with Gasteiger partial charge in [-0.2, -0.15) is 0 Å². The van der Waals surface area contributed by atoms with Gasteiger partial charge >= 0.3 is 0 Å². The average Bonchev–Trinajstić information content (AvgIpc) is 3.22. The van der Waals surface area contributed by atoms with Crippen LogP contribution in [0.15, 0.2) is 16.3 Å². The minimum Gasteiger partial charge on any atom is -0.448 e. The van der Waals surface area contributed by atoms with Gasteiger partial charge in [-0.15, -0.1) is 11.3 Å². The number of aromatic nitrogens is 2. The number of aryl methyl sites for hydroxylation is 2. The molecule has 0 bridgehead atoms. The molecule has 118 valence electrons. The number of hydrogen-bond donors (Lipinski definition) is 1. The number of hydrogen-bond acceptors (Lipinski definition) is 6. The summed E-state index contributed by atoms with van der Waals surface area (Å²) in [6.45, 7) is 7.05. The van der Waals surface area contributed by atoms with E-state index in [-0.39, 0.29) is 5.91 Å². The predicted molar refractivity (Wildman–Crippen MR) is 83.8 cm³/mol. The quantitative estimate of drug-likeness (QED) is 0.912. The molecule has 7 heteroatoms. The van der Waals surface area contributed by atoms with E-state index in [9.17, 15) is 4.79 Å². The molecule has 1 N–H and O–H groups in total. The van der Waals surface area contributed by atoms with E-state index in [1.54, 1.807) is 18.3 Å². The van der Waals surface area contributed by atoms with E-state index in [0.717, 1.165) is 36.6 Å². The van der Waals surface area contributed by atoms with E-state index in [1.807, 2.05) is 17.3 Å². The van der Waals surface area contributed by atoms with E-state index in [4.69, 9.17) is 4.42 Å². The normalized spacial score (nSPS) is 17.8. The van der Waals surface area contributed by atoms with Crippen LogP contribution in [0.4, 0.5) is 0 Å². The Morgan fingerprint density at radius 1 is 1.50 bits per heavy atom. The summed E-state index contributed by atoms with van der Waals surface area (Å²) in [4.78, 5) is 24.2. The Balaban J connectivity index is 1.80. The summed E-state index contributed by atoms with van der Waals surface area (Å²) in [6, 6.07) is 0. The summed E-state index contributed by atoms with van der Waals surface area (Å²) in [7, 11) is 0. The minimum absolute atomic E-state index is 0.0639. The fourth-order valence-electron chi connectivity index (χ4n) is 2.71. The third-order valence-corrected chi connectivity index (χ3v) is 4.97. The Labute approximate surface area is 133 Å². The maximum Gasteiger partial charge on any atom is 0.276 e. The molecule has 22 heavy (non-hydrogen) atoms. The largest absolute Gasteiger partial charge is 0.448 e. The van der Waals surface area contributed by atoms with Gasteiger partial charge in [0.1, 0.15) is 5.76 Å². The molecule has 1 aliphatic heterocycles. The molecule has 1 saturated heterocycles. The molecular weight excluding hydrogens is 300 g/mol. The zero-order valence-electron chi connectivity index (χ0n) is 12.8. The zero-order valence-corrected chi connectivity index (χ0v) is 13.7. The molecule has 3 rings (SSSR count). The molecule has 6 nitrogen and oxygen atoms in total. The summed E-state index contributed by atoms with van der Waals surface area (Å²) in [5, 5.41) is 3.35. The first kappa shape index (κ1) is 15.2. The molecule has 1 amide bonds. The molecule has 0 spiro atoms.